The highest BCUT2D eigenvalue weighted by Crippen LogP contribution is 2.22. The number of benzene rings is 1. The summed E-state index contributed by atoms with van der Waals surface area (Å²) in [6, 6.07) is 10.8. The quantitative estimate of drug-likeness (QED) is 0.432. The first kappa shape index (κ1) is 21.5. The van der Waals surface area contributed by atoms with Gasteiger partial charge in [-0.1, -0.05) is 35.3 Å². The predicted molar refractivity (Wildman–Crippen MR) is 117 cm³/mol. The fourth-order valence-electron chi connectivity index (χ4n) is 2.48. The van der Waals surface area contributed by atoms with Crippen molar-refractivity contribution in [1.29, 1.82) is 0 Å². The van der Waals surface area contributed by atoms with E-state index in [9.17, 15) is 4.79 Å². The van der Waals surface area contributed by atoms with Gasteiger partial charge in [0, 0.05) is 30.4 Å². The SMILES string of the molecule is O=C(NCc1ccc(Cl)c(Cl)c1)Nc1nc(COCCCc2ccccn2)cs1. The summed E-state index contributed by atoms with van der Waals surface area (Å²) in [5.41, 5.74) is 2.70. The van der Waals surface area contributed by atoms with Crippen LogP contribution in [0.5, 0.6) is 0 Å². The number of thiazole rings is 1. The number of rotatable bonds is 9. The van der Waals surface area contributed by atoms with Gasteiger partial charge in [-0.25, -0.2) is 9.78 Å². The smallest absolute Gasteiger partial charge is 0.321 e. The van der Waals surface area contributed by atoms with Crippen molar-refractivity contribution in [2.45, 2.75) is 26.0 Å². The largest absolute Gasteiger partial charge is 0.375 e. The zero-order chi connectivity index (χ0) is 20.5. The number of urea groups is 1. The molecule has 0 saturated heterocycles. The van der Waals surface area contributed by atoms with E-state index in [1.165, 1.54) is 11.3 Å². The van der Waals surface area contributed by atoms with E-state index in [-0.39, 0.29) is 6.03 Å². The number of aryl methyl sites for hydroxylation is 1. The third-order valence-electron chi connectivity index (χ3n) is 3.91. The lowest BCUT2D eigenvalue weighted by molar-refractivity contribution is 0.116. The van der Waals surface area contributed by atoms with Crippen molar-refractivity contribution in [2.75, 3.05) is 11.9 Å². The Bertz CT molecular complexity index is 937. The van der Waals surface area contributed by atoms with Gasteiger partial charge in [0.15, 0.2) is 5.13 Å². The lowest BCUT2D eigenvalue weighted by Crippen LogP contribution is -2.28. The molecule has 0 radical (unpaired) electrons. The van der Waals surface area contributed by atoms with Crippen LogP contribution in [0.25, 0.3) is 0 Å². The Kier molecular flexibility index (Phi) is 8.25. The van der Waals surface area contributed by atoms with Crippen LogP contribution in [0.1, 0.15) is 23.4 Å². The molecule has 3 aromatic rings. The fraction of sp³-hybridized carbons (Fsp3) is 0.250. The van der Waals surface area contributed by atoms with Gasteiger partial charge in [-0.15, -0.1) is 11.3 Å². The molecule has 0 unspecified atom stereocenters. The van der Waals surface area contributed by atoms with E-state index in [1.807, 2.05) is 23.6 Å². The number of nitrogens with one attached hydrogen (secondary N) is 2. The summed E-state index contributed by atoms with van der Waals surface area (Å²) in [6.07, 6.45) is 3.56. The summed E-state index contributed by atoms with van der Waals surface area (Å²) in [4.78, 5) is 20.7. The van der Waals surface area contributed by atoms with Gasteiger partial charge in [-0.2, -0.15) is 0 Å². The van der Waals surface area contributed by atoms with Gasteiger partial charge in [-0.3, -0.25) is 10.3 Å². The Morgan fingerprint density at radius 2 is 2.03 bits per heavy atom. The molecule has 29 heavy (non-hydrogen) atoms. The second-order valence-electron chi connectivity index (χ2n) is 6.18. The topological polar surface area (TPSA) is 76.1 Å². The Hall–Kier alpha value is -2.19. The number of carbonyl (C=O) groups is 1. The lowest BCUT2D eigenvalue weighted by atomic mass is 10.2. The number of anilines is 1. The van der Waals surface area contributed by atoms with E-state index in [4.69, 9.17) is 27.9 Å². The molecule has 0 fully saturated rings. The van der Waals surface area contributed by atoms with Crippen LogP contribution in [-0.4, -0.2) is 22.6 Å². The van der Waals surface area contributed by atoms with Gasteiger partial charge >= 0.3 is 6.03 Å². The second-order valence-corrected chi connectivity index (χ2v) is 7.85. The highest BCUT2D eigenvalue weighted by molar-refractivity contribution is 7.13. The Morgan fingerprint density at radius 1 is 1.14 bits per heavy atom. The maximum atomic E-state index is 12.0. The van der Waals surface area contributed by atoms with E-state index in [2.05, 4.69) is 20.6 Å². The Morgan fingerprint density at radius 3 is 2.83 bits per heavy atom. The molecule has 0 aliphatic carbocycles. The summed E-state index contributed by atoms with van der Waals surface area (Å²) in [5.74, 6) is 0. The van der Waals surface area contributed by atoms with Crippen LogP contribution in [0.2, 0.25) is 10.0 Å². The number of carbonyl (C=O) groups excluding carboxylic acids is 1. The predicted octanol–water partition coefficient (Wildman–Crippen LogP) is 5.32. The third kappa shape index (κ3) is 7.29. The molecule has 152 valence electrons. The van der Waals surface area contributed by atoms with Crippen LogP contribution in [0.3, 0.4) is 0 Å². The van der Waals surface area contributed by atoms with Crippen molar-refractivity contribution in [2.24, 2.45) is 0 Å². The summed E-state index contributed by atoms with van der Waals surface area (Å²) < 4.78 is 5.65. The molecular formula is C20H20Cl2N4O2S. The Balaban J connectivity index is 1.34. The van der Waals surface area contributed by atoms with Crippen molar-refractivity contribution in [1.82, 2.24) is 15.3 Å². The van der Waals surface area contributed by atoms with E-state index in [1.54, 1.807) is 24.4 Å². The van der Waals surface area contributed by atoms with Crippen LogP contribution >= 0.6 is 34.5 Å². The number of hydrogen-bond donors (Lipinski definition) is 2. The van der Waals surface area contributed by atoms with Gasteiger partial charge in [0.25, 0.3) is 0 Å². The van der Waals surface area contributed by atoms with Gasteiger partial charge < -0.3 is 10.1 Å². The molecule has 2 heterocycles. The summed E-state index contributed by atoms with van der Waals surface area (Å²) in [7, 11) is 0. The molecule has 1 aromatic carbocycles. The molecule has 0 aliphatic heterocycles. The first-order valence-corrected chi connectivity index (χ1v) is 10.6. The Labute approximate surface area is 183 Å². The zero-order valence-electron chi connectivity index (χ0n) is 15.5. The molecule has 0 atom stereocenters. The van der Waals surface area contributed by atoms with Crippen molar-refractivity contribution in [3.05, 3.63) is 75.0 Å². The number of hydrogen-bond acceptors (Lipinski definition) is 5. The first-order chi connectivity index (χ1) is 14.1. The molecule has 2 aromatic heterocycles. The summed E-state index contributed by atoms with van der Waals surface area (Å²) >= 11 is 13.2. The number of amides is 2. The van der Waals surface area contributed by atoms with Gasteiger partial charge in [0.1, 0.15) is 0 Å². The molecule has 9 heteroatoms. The fourth-order valence-corrected chi connectivity index (χ4v) is 3.49. The van der Waals surface area contributed by atoms with Gasteiger partial charge in [-0.05, 0) is 42.7 Å². The normalized spacial score (nSPS) is 10.7. The van der Waals surface area contributed by atoms with Gasteiger partial charge in [0.05, 0.1) is 22.3 Å². The van der Waals surface area contributed by atoms with Crippen molar-refractivity contribution in [3.8, 4) is 0 Å². The van der Waals surface area contributed by atoms with E-state index < -0.39 is 0 Å². The highest BCUT2D eigenvalue weighted by Gasteiger charge is 2.07. The zero-order valence-corrected chi connectivity index (χ0v) is 17.9. The molecule has 6 nitrogen and oxygen atoms in total. The minimum atomic E-state index is -0.340. The third-order valence-corrected chi connectivity index (χ3v) is 5.45. The van der Waals surface area contributed by atoms with Crippen molar-refractivity contribution < 1.29 is 9.53 Å². The van der Waals surface area contributed by atoms with Crippen LogP contribution in [-0.2, 0) is 24.3 Å². The minimum Gasteiger partial charge on any atom is -0.375 e. The lowest BCUT2D eigenvalue weighted by Gasteiger charge is -2.06. The molecule has 2 N–H and O–H groups in total. The van der Waals surface area contributed by atoms with Crippen molar-refractivity contribution >= 4 is 45.7 Å². The average molecular weight is 451 g/mol. The molecule has 0 saturated carbocycles. The highest BCUT2D eigenvalue weighted by atomic mass is 35.5. The minimum absolute atomic E-state index is 0.334. The molecule has 3 rings (SSSR count). The monoisotopic (exact) mass is 450 g/mol. The molecule has 0 spiro atoms. The van der Waals surface area contributed by atoms with Crippen LogP contribution in [0.4, 0.5) is 9.93 Å². The maximum absolute atomic E-state index is 12.0. The number of pyridine rings is 1. The number of nitrogens with zero attached hydrogens (tertiary/aromatic N) is 2. The van der Waals surface area contributed by atoms with E-state index in [0.717, 1.165) is 29.8 Å². The standard InChI is InChI=1S/C20H20Cl2N4O2S/c21-17-7-6-14(10-18(17)22)11-24-19(27)26-20-25-16(13-29-20)12-28-9-3-5-15-4-1-2-8-23-15/h1-2,4,6-8,10,13H,3,5,9,11-12H2,(H2,24,25,26,27). The van der Waals surface area contributed by atoms with Crippen LogP contribution in [0.15, 0.2) is 48.0 Å². The molecular weight excluding hydrogens is 431 g/mol. The second kappa shape index (κ2) is 11.1. The van der Waals surface area contributed by atoms with E-state index >= 15 is 0 Å². The molecule has 2 amide bonds. The van der Waals surface area contributed by atoms with Crippen LogP contribution < -0.4 is 10.6 Å². The van der Waals surface area contributed by atoms with Crippen LogP contribution in [0, 0.1) is 0 Å². The van der Waals surface area contributed by atoms with Crippen molar-refractivity contribution in [3.63, 3.8) is 0 Å². The number of ether oxygens (including phenoxy) is 1. The molecule has 0 aliphatic rings. The molecule has 0 bridgehead atoms. The van der Waals surface area contributed by atoms with E-state index in [0.29, 0.717) is 34.9 Å². The maximum Gasteiger partial charge on any atom is 0.321 e. The summed E-state index contributed by atoms with van der Waals surface area (Å²) in [5, 5.41) is 8.79. The number of halogens is 2. The number of aromatic nitrogens is 2. The summed E-state index contributed by atoms with van der Waals surface area (Å²) in [6.45, 7) is 1.37. The average Bonchev–Trinajstić information content (AvgIpc) is 3.16. The van der Waals surface area contributed by atoms with Gasteiger partial charge in [0.2, 0.25) is 0 Å². The first-order valence-electron chi connectivity index (χ1n) is 9.01.